The predicted octanol–water partition coefficient (Wildman–Crippen LogP) is 5.27. The van der Waals surface area contributed by atoms with Crippen LogP contribution in [0.25, 0.3) is 6.08 Å². The van der Waals surface area contributed by atoms with Crippen LogP contribution in [-0.4, -0.2) is 4.98 Å². The number of hydrogen-bond acceptors (Lipinski definition) is 2. The van der Waals surface area contributed by atoms with E-state index in [-0.39, 0.29) is 5.82 Å². The van der Waals surface area contributed by atoms with Crippen molar-refractivity contribution < 1.29 is 9.13 Å². The van der Waals surface area contributed by atoms with Crippen molar-refractivity contribution in [2.24, 2.45) is 0 Å². The number of rotatable bonds is 5. The second-order valence-corrected chi connectivity index (χ2v) is 5.05. The van der Waals surface area contributed by atoms with Crippen LogP contribution in [0.3, 0.4) is 0 Å². The van der Waals surface area contributed by atoms with E-state index in [9.17, 15) is 4.39 Å². The van der Waals surface area contributed by atoms with Gasteiger partial charge in [-0.05, 0) is 48.4 Å². The van der Waals surface area contributed by atoms with Crippen molar-refractivity contribution in [3.8, 4) is 11.6 Å². The highest BCUT2D eigenvalue weighted by atomic mass is 19.1. The molecule has 0 N–H and O–H groups in total. The Morgan fingerprint density at radius 1 is 0.913 bits per heavy atom. The fraction of sp³-hybridized carbons (Fsp3) is 0.0500. The van der Waals surface area contributed by atoms with Crippen LogP contribution in [0.2, 0.25) is 0 Å². The maximum absolute atomic E-state index is 13.0. The second-order valence-electron chi connectivity index (χ2n) is 5.05. The average Bonchev–Trinajstić information content (AvgIpc) is 2.59. The monoisotopic (exact) mass is 305 g/mol. The molecular weight excluding hydrogens is 289 g/mol. The van der Waals surface area contributed by atoms with Gasteiger partial charge in [0, 0.05) is 11.8 Å². The largest absolute Gasteiger partial charge is 0.438 e. The summed E-state index contributed by atoms with van der Waals surface area (Å²) < 4.78 is 18.7. The molecule has 1 aromatic heterocycles. The van der Waals surface area contributed by atoms with Gasteiger partial charge in [-0.1, -0.05) is 42.5 Å². The third-order valence-corrected chi connectivity index (χ3v) is 3.32. The molecule has 0 fully saturated rings. The summed E-state index contributed by atoms with van der Waals surface area (Å²) in [6.45, 7) is 0. The highest BCUT2D eigenvalue weighted by molar-refractivity contribution is 5.55. The van der Waals surface area contributed by atoms with Crippen LogP contribution in [0.1, 0.15) is 11.1 Å². The molecule has 3 heteroatoms. The Morgan fingerprint density at radius 2 is 1.70 bits per heavy atom. The molecule has 0 bridgehead atoms. The zero-order chi connectivity index (χ0) is 15.9. The van der Waals surface area contributed by atoms with Crippen molar-refractivity contribution in [1.29, 1.82) is 0 Å². The van der Waals surface area contributed by atoms with Crippen molar-refractivity contribution in [2.45, 2.75) is 6.42 Å². The van der Waals surface area contributed by atoms with Crippen molar-refractivity contribution in [1.82, 2.24) is 4.98 Å². The predicted molar refractivity (Wildman–Crippen MR) is 89.9 cm³/mol. The Bertz CT molecular complexity index is 782. The maximum Gasteiger partial charge on any atom is 0.226 e. The Balaban J connectivity index is 1.74. The third kappa shape index (κ3) is 4.27. The highest BCUT2D eigenvalue weighted by Crippen LogP contribution is 2.24. The number of benzene rings is 2. The van der Waals surface area contributed by atoms with Gasteiger partial charge in [0.05, 0.1) is 0 Å². The molecular formula is C20H16FNO. The number of ether oxygens (including phenoxy) is 1. The van der Waals surface area contributed by atoms with E-state index in [2.05, 4.69) is 23.2 Å². The summed E-state index contributed by atoms with van der Waals surface area (Å²) >= 11 is 0. The molecule has 0 saturated carbocycles. The number of halogens is 1. The van der Waals surface area contributed by atoms with E-state index in [1.807, 2.05) is 36.4 Å². The fourth-order valence-corrected chi connectivity index (χ4v) is 2.17. The first-order valence-electron chi connectivity index (χ1n) is 7.40. The molecule has 0 spiro atoms. The lowest BCUT2D eigenvalue weighted by atomic mass is 10.1. The molecule has 0 amide bonds. The van der Waals surface area contributed by atoms with Gasteiger partial charge >= 0.3 is 0 Å². The Hall–Kier alpha value is -2.94. The van der Waals surface area contributed by atoms with E-state index in [0.717, 1.165) is 12.0 Å². The van der Waals surface area contributed by atoms with Gasteiger partial charge in [0.2, 0.25) is 5.88 Å². The molecule has 0 aliphatic carbocycles. The highest BCUT2D eigenvalue weighted by Gasteiger charge is 2.03. The van der Waals surface area contributed by atoms with E-state index in [1.165, 1.54) is 17.7 Å². The molecule has 0 saturated heterocycles. The lowest BCUT2D eigenvalue weighted by Crippen LogP contribution is -1.91. The first-order valence-corrected chi connectivity index (χ1v) is 7.40. The topological polar surface area (TPSA) is 22.1 Å². The van der Waals surface area contributed by atoms with Crippen LogP contribution in [0.4, 0.5) is 4.39 Å². The molecule has 2 nitrogen and oxygen atoms in total. The summed E-state index contributed by atoms with van der Waals surface area (Å²) in [6, 6.07) is 19.9. The summed E-state index contributed by atoms with van der Waals surface area (Å²) in [5.74, 6) is 0.771. The first kappa shape index (κ1) is 15.0. The number of hydrogen-bond donors (Lipinski definition) is 0. The lowest BCUT2D eigenvalue weighted by molar-refractivity contribution is 0.460. The number of allylic oxidation sites excluding steroid dienone is 1. The zero-order valence-electron chi connectivity index (χ0n) is 12.5. The van der Waals surface area contributed by atoms with Crippen LogP contribution < -0.4 is 4.74 Å². The normalized spacial score (nSPS) is 10.8. The third-order valence-electron chi connectivity index (χ3n) is 3.32. The molecule has 0 unspecified atom stereocenters. The SMILES string of the molecule is Fc1ccc(Oc2ncccc2C=CCc2ccccc2)cc1. The molecule has 114 valence electrons. The van der Waals surface area contributed by atoms with Gasteiger partial charge in [0.15, 0.2) is 0 Å². The minimum absolute atomic E-state index is 0.290. The Morgan fingerprint density at radius 3 is 2.48 bits per heavy atom. The van der Waals surface area contributed by atoms with Crippen molar-refractivity contribution in [2.75, 3.05) is 0 Å². The van der Waals surface area contributed by atoms with Crippen LogP contribution in [-0.2, 0) is 6.42 Å². The van der Waals surface area contributed by atoms with Crippen molar-refractivity contribution in [3.05, 3.63) is 95.9 Å². The van der Waals surface area contributed by atoms with Gasteiger partial charge in [0.1, 0.15) is 11.6 Å². The Kier molecular flexibility index (Phi) is 4.79. The van der Waals surface area contributed by atoms with Gasteiger partial charge in [-0.3, -0.25) is 0 Å². The molecule has 23 heavy (non-hydrogen) atoms. The number of nitrogens with zero attached hydrogens (tertiary/aromatic N) is 1. The van der Waals surface area contributed by atoms with Gasteiger partial charge in [-0.15, -0.1) is 0 Å². The summed E-state index contributed by atoms with van der Waals surface area (Å²) in [4.78, 5) is 4.25. The van der Waals surface area contributed by atoms with E-state index < -0.39 is 0 Å². The van der Waals surface area contributed by atoms with Gasteiger partial charge < -0.3 is 4.74 Å². The zero-order valence-corrected chi connectivity index (χ0v) is 12.5. The summed E-state index contributed by atoms with van der Waals surface area (Å²) in [6.07, 6.45) is 6.57. The van der Waals surface area contributed by atoms with E-state index >= 15 is 0 Å². The minimum atomic E-state index is -0.290. The van der Waals surface area contributed by atoms with E-state index in [0.29, 0.717) is 11.6 Å². The van der Waals surface area contributed by atoms with Crippen molar-refractivity contribution in [3.63, 3.8) is 0 Å². The standard InChI is InChI=1S/C20H16FNO/c21-18-11-13-19(14-12-18)23-20-17(10-5-15-22-20)9-4-8-16-6-2-1-3-7-16/h1-7,9-15H,8H2. The van der Waals surface area contributed by atoms with Gasteiger partial charge in [-0.2, -0.15) is 0 Å². The van der Waals surface area contributed by atoms with Crippen molar-refractivity contribution >= 4 is 6.08 Å². The van der Waals surface area contributed by atoms with Crippen LogP contribution in [0.5, 0.6) is 11.6 Å². The molecule has 0 radical (unpaired) electrons. The molecule has 0 aliphatic rings. The maximum atomic E-state index is 13.0. The van der Waals surface area contributed by atoms with Gasteiger partial charge in [0.25, 0.3) is 0 Å². The van der Waals surface area contributed by atoms with E-state index in [1.54, 1.807) is 18.3 Å². The number of pyridine rings is 1. The van der Waals surface area contributed by atoms with E-state index in [4.69, 9.17) is 4.74 Å². The number of aromatic nitrogens is 1. The first-order chi connectivity index (χ1) is 11.3. The fourth-order valence-electron chi connectivity index (χ4n) is 2.17. The van der Waals surface area contributed by atoms with Crippen LogP contribution in [0, 0.1) is 5.82 Å². The minimum Gasteiger partial charge on any atom is -0.438 e. The molecule has 3 aromatic rings. The Labute approximate surface area is 134 Å². The van der Waals surface area contributed by atoms with Gasteiger partial charge in [-0.25, -0.2) is 9.37 Å². The quantitative estimate of drug-likeness (QED) is 0.640. The second kappa shape index (κ2) is 7.36. The molecule has 3 rings (SSSR count). The lowest BCUT2D eigenvalue weighted by Gasteiger charge is -2.07. The summed E-state index contributed by atoms with van der Waals surface area (Å²) in [7, 11) is 0. The summed E-state index contributed by atoms with van der Waals surface area (Å²) in [5.41, 5.74) is 2.13. The van der Waals surface area contributed by atoms with Crippen LogP contribution in [0.15, 0.2) is 79.0 Å². The molecule has 0 atom stereocenters. The molecule has 0 aliphatic heterocycles. The molecule has 1 heterocycles. The smallest absolute Gasteiger partial charge is 0.226 e. The molecule has 2 aromatic carbocycles. The average molecular weight is 305 g/mol. The van der Waals surface area contributed by atoms with Crippen LogP contribution >= 0.6 is 0 Å². The summed E-state index contributed by atoms with van der Waals surface area (Å²) in [5, 5.41) is 0.